The lowest BCUT2D eigenvalue weighted by atomic mass is 10.1. The number of anilines is 1. The number of nitro benzene ring substituents is 1. The van der Waals surface area contributed by atoms with Crippen LogP contribution in [0.4, 0.5) is 11.4 Å². The number of rotatable bonds is 2. The molecule has 0 aliphatic carbocycles. The summed E-state index contributed by atoms with van der Waals surface area (Å²) in [5.74, 6) is 0. The van der Waals surface area contributed by atoms with Crippen molar-refractivity contribution < 1.29 is 10.0 Å². The van der Waals surface area contributed by atoms with Gasteiger partial charge in [-0.25, -0.2) is 0 Å². The molecule has 1 heterocycles. The van der Waals surface area contributed by atoms with Crippen molar-refractivity contribution in [3.05, 3.63) is 33.9 Å². The van der Waals surface area contributed by atoms with Gasteiger partial charge in [0.05, 0.1) is 11.0 Å². The molecular formula is C10H12N2O3. The third-order valence-electron chi connectivity index (χ3n) is 2.61. The van der Waals surface area contributed by atoms with E-state index in [1.165, 1.54) is 6.07 Å². The third kappa shape index (κ3) is 1.78. The highest BCUT2D eigenvalue weighted by Crippen LogP contribution is 2.28. The minimum Gasteiger partial charge on any atom is -0.389 e. The Morgan fingerprint density at radius 1 is 1.53 bits per heavy atom. The number of nitro groups is 1. The van der Waals surface area contributed by atoms with Crippen LogP contribution < -0.4 is 4.90 Å². The zero-order chi connectivity index (χ0) is 11.0. The number of nitrogens with zero attached hydrogens (tertiary/aromatic N) is 2. The van der Waals surface area contributed by atoms with Crippen LogP contribution in [0.5, 0.6) is 0 Å². The monoisotopic (exact) mass is 208 g/mol. The van der Waals surface area contributed by atoms with Gasteiger partial charge in [0.1, 0.15) is 0 Å². The normalized spacial score (nSPS) is 16.3. The van der Waals surface area contributed by atoms with Gasteiger partial charge in [-0.15, -0.1) is 0 Å². The summed E-state index contributed by atoms with van der Waals surface area (Å²) in [6, 6.07) is 4.79. The van der Waals surface area contributed by atoms with Crippen molar-refractivity contribution in [2.75, 3.05) is 18.0 Å². The number of aryl methyl sites for hydroxylation is 1. The van der Waals surface area contributed by atoms with Crippen molar-refractivity contribution in [3.8, 4) is 0 Å². The summed E-state index contributed by atoms with van der Waals surface area (Å²) >= 11 is 0. The van der Waals surface area contributed by atoms with Crippen molar-refractivity contribution >= 4 is 11.4 Å². The van der Waals surface area contributed by atoms with E-state index in [2.05, 4.69) is 0 Å². The van der Waals surface area contributed by atoms with Crippen molar-refractivity contribution in [2.24, 2.45) is 0 Å². The topological polar surface area (TPSA) is 66.6 Å². The zero-order valence-corrected chi connectivity index (χ0v) is 8.38. The second-order valence-corrected chi connectivity index (χ2v) is 3.79. The molecule has 0 amide bonds. The average molecular weight is 208 g/mol. The van der Waals surface area contributed by atoms with Gasteiger partial charge in [0.25, 0.3) is 5.69 Å². The predicted molar refractivity (Wildman–Crippen MR) is 56.1 cm³/mol. The maximum atomic E-state index is 10.6. The fraction of sp³-hybridized carbons (Fsp3) is 0.400. The molecule has 2 rings (SSSR count). The first kappa shape index (κ1) is 9.92. The van der Waals surface area contributed by atoms with E-state index in [1.807, 2.05) is 11.8 Å². The standard InChI is InChI=1S/C10H12N2O3/c1-7-2-3-8(12(14)15)4-10(7)11-5-9(13)6-11/h2-4,9,13H,5-6H2,1H3. The van der Waals surface area contributed by atoms with Gasteiger partial charge in [-0.05, 0) is 12.5 Å². The highest BCUT2D eigenvalue weighted by atomic mass is 16.6. The van der Waals surface area contributed by atoms with Gasteiger partial charge < -0.3 is 10.0 Å². The summed E-state index contributed by atoms with van der Waals surface area (Å²) in [6.45, 7) is 3.02. The van der Waals surface area contributed by atoms with Crippen LogP contribution in [0.2, 0.25) is 0 Å². The van der Waals surface area contributed by atoms with E-state index in [0.29, 0.717) is 13.1 Å². The number of non-ortho nitro benzene ring substituents is 1. The Balaban J connectivity index is 2.29. The largest absolute Gasteiger partial charge is 0.389 e. The van der Waals surface area contributed by atoms with Crippen LogP contribution >= 0.6 is 0 Å². The lowest BCUT2D eigenvalue weighted by Gasteiger charge is -2.38. The molecule has 5 nitrogen and oxygen atoms in total. The van der Waals surface area contributed by atoms with Crippen molar-refractivity contribution in [2.45, 2.75) is 13.0 Å². The minimum absolute atomic E-state index is 0.0944. The lowest BCUT2D eigenvalue weighted by molar-refractivity contribution is -0.384. The van der Waals surface area contributed by atoms with E-state index in [9.17, 15) is 15.2 Å². The summed E-state index contributed by atoms with van der Waals surface area (Å²) in [5, 5.41) is 19.8. The van der Waals surface area contributed by atoms with Gasteiger partial charge in [0.2, 0.25) is 0 Å². The number of hydrogen-bond donors (Lipinski definition) is 1. The number of aliphatic hydroxyl groups is 1. The Labute approximate surface area is 87.1 Å². The molecule has 1 N–H and O–H groups in total. The first-order chi connectivity index (χ1) is 7.08. The Bertz CT molecular complexity index is 400. The van der Waals surface area contributed by atoms with Crippen molar-refractivity contribution in [3.63, 3.8) is 0 Å². The van der Waals surface area contributed by atoms with Gasteiger partial charge in [-0.1, -0.05) is 6.07 Å². The van der Waals surface area contributed by atoms with Crippen molar-refractivity contribution in [1.29, 1.82) is 0 Å². The molecule has 80 valence electrons. The average Bonchev–Trinajstić information content (AvgIpc) is 2.14. The molecule has 1 aromatic rings. The number of β-amino-alcohol motifs (C(OH)–C–C–N with tert-alkyl or cyclic N) is 1. The van der Waals surface area contributed by atoms with E-state index in [1.54, 1.807) is 12.1 Å². The molecule has 1 aromatic carbocycles. The van der Waals surface area contributed by atoms with Gasteiger partial charge in [-0.3, -0.25) is 10.1 Å². The fourth-order valence-corrected chi connectivity index (χ4v) is 1.70. The summed E-state index contributed by atoms with van der Waals surface area (Å²) in [6.07, 6.45) is -0.302. The van der Waals surface area contributed by atoms with Crippen LogP contribution in [0.15, 0.2) is 18.2 Å². The zero-order valence-electron chi connectivity index (χ0n) is 8.38. The molecule has 1 aliphatic rings. The second-order valence-electron chi connectivity index (χ2n) is 3.79. The van der Waals surface area contributed by atoms with Crippen LogP contribution in [0.3, 0.4) is 0 Å². The first-order valence-corrected chi connectivity index (χ1v) is 4.76. The molecule has 15 heavy (non-hydrogen) atoms. The SMILES string of the molecule is Cc1ccc([N+](=O)[O-])cc1N1CC(O)C1. The van der Waals surface area contributed by atoms with Gasteiger partial charge in [0, 0.05) is 30.9 Å². The third-order valence-corrected chi connectivity index (χ3v) is 2.61. The second kappa shape index (κ2) is 3.51. The first-order valence-electron chi connectivity index (χ1n) is 4.76. The maximum Gasteiger partial charge on any atom is 0.271 e. The maximum absolute atomic E-state index is 10.6. The predicted octanol–water partition coefficient (Wildman–Crippen LogP) is 1.08. The molecule has 0 spiro atoms. The molecule has 1 fully saturated rings. The van der Waals surface area contributed by atoms with E-state index in [-0.39, 0.29) is 11.8 Å². The Morgan fingerprint density at radius 2 is 2.20 bits per heavy atom. The van der Waals surface area contributed by atoms with Crippen LogP contribution in [0.25, 0.3) is 0 Å². The molecular weight excluding hydrogens is 196 g/mol. The van der Waals surface area contributed by atoms with E-state index < -0.39 is 4.92 Å². The molecule has 0 radical (unpaired) electrons. The molecule has 5 heteroatoms. The van der Waals surface area contributed by atoms with E-state index in [0.717, 1.165) is 11.3 Å². The van der Waals surface area contributed by atoms with E-state index >= 15 is 0 Å². The fourth-order valence-electron chi connectivity index (χ4n) is 1.70. The molecule has 0 atom stereocenters. The van der Waals surface area contributed by atoms with Crippen molar-refractivity contribution in [1.82, 2.24) is 0 Å². The number of hydrogen-bond acceptors (Lipinski definition) is 4. The highest BCUT2D eigenvalue weighted by molar-refractivity contribution is 5.60. The summed E-state index contributed by atoms with van der Waals surface area (Å²) < 4.78 is 0. The molecule has 0 bridgehead atoms. The number of benzene rings is 1. The molecule has 0 unspecified atom stereocenters. The minimum atomic E-state index is -0.404. The quantitative estimate of drug-likeness (QED) is 0.583. The summed E-state index contributed by atoms with van der Waals surface area (Å²) in [5.41, 5.74) is 1.93. The lowest BCUT2D eigenvalue weighted by Crippen LogP contribution is -2.51. The highest BCUT2D eigenvalue weighted by Gasteiger charge is 2.26. The molecule has 1 aliphatic heterocycles. The smallest absolute Gasteiger partial charge is 0.271 e. The van der Waals surface area contributed by atoms with Gasteiger partial charge in [0.15, 0.2) is 0 Å². The van der Waals surface area contributed by atoms with E-state index in [4.69, 9.17) is 0 Å². The van der Waals surface area contributed by atoms with Crippen LogP contribution in [-0.4, -0.2) is 29.2 Å². The van der Waals surface area contributed by atoms with Gasteiger partial charge >= 0.3 is 0 Å². The Morgan fingerprint density at radius 3 is 2.73 bits per heavy atom. The summed E-state index contributed by atoms with van der Waals surface area (Å²) in [7, 11) is 0. The Kier molecular flexibility index (Phi) is 2.32. The molecule has 0 aromatic heterocycles. The van der Waals surface area contributed by atoms with Crippen LogP contribution in [0, 0.1) is 17.0 Å². The van der Waals surface area contributed by atoms with Crippen LogP contribution in [-0.2, 0) is 0 Å². The summed E-state index contributed by atoms with van der Waals surface area (Å²) in [4.78, 5) is 12.1. The number of aliphatic hydroxyl groups excluding tert-OH is 1. The van der Waals surface area contributed by atoms with Crippen LogP contribution in [0.1, 0.15) is 5.56 Å². The van der Waals surface area contributed by atoms with Gasteiger partial charge in [-0.2, -0.15) is 0 Å². The Hall–Kier alpha value is -1.62. The molecule has 0 saturated carbocycles. The molecule has 1 saturated heterocycles.